The number of hydrogen-bond donors (Lipinski definition) is 0. The van der Waals surface area contributed by atoms with Crippen molar-refractivity contribution in [1.29, 1.82) is 0 Å². The van der Waals surface area contributed by atoms with Gasteiger partial charge >= 0.3 is 0 Å². The molecule has 3 heteroatoms. The van der Waals surface area contributed by atoms with Crippen LogP contribution in [-0.4, -0.2) is 13.4 Å². The molecule has 0 amide bonds. The first-order valence-corrected chi connectivity index (χ1v) is 6.88. The normalized spacial score (nSPS) is 10.3. The summed E-state index contributed by atoms with van der Waals surface area (Å²) in [4.78, 5) is 10.9. The number of aldehydes is 1. The van der Waals surface area contributed by atoms with E-state index in [-0.39, 0.29) is 0 Å². The molecule has 0 fully saturated rings. The lowest BCUT2D eigenvalue weighted by molar-refractivity contribution is 0.112. The van der Waals surface area contributed by atoms with Crippen LogP contribution in [0.2, 0.25) is 0 Å². The Balaban J connectivity index is 2.25. The van der Waals surface area contributed by atoms with Gasteiger partial charge in [0.25, 0.3) is 0 Å². The van der Waals surface area contributed by atoms with E-state index in [1.807, 2.05) is 19.9 Å². The van der Waals surface area contributed by atoms with E-state index in [2.05, 4.69) is 13.0 Å². The highest BCUT2D eigenvalue weighted by atomic mass is 16.5. The minimum Gasteiger partial charge on any atom is -0.496 e. The van der Waals surface area contributed by atoms with Crippen molar-refractivity contribution >= 4 is 6.29 Å². The van der Waals surface area contributed by atoms with Crippen molar-refractivity contribution in [2.75, 3.05) is 7.11 Å². The maximum Gasteiger partial charge on any atom is 0.150 e. The summed E-state index contributed by atoms with van der Waals surface area (Å²) >= 11 is 0. The zero-order chi connectivity index (χ0) is 15.4. The number of rotatable bonds is 5. The monoisotopic (exact) mass is 284 g/mol. The van der Waals surface area contributed by atoms with E-state index < -0.39 is 0 Å². The first-order valence-electron chi connectivity index (χ1n) is 6.88. The summed E-state index contributed by atoms with van der Waals surface area (Å²) in [6.45, 7) is 6.54. The Labute approximate surface area is 125 Å². The largest absolute Gasteiger partial charge is 0.496 e. The van der Waals surface area contributed by atoms with Crippen LogP contribution in [0.4, 0.5) is 0 Å². The van der Waals surface area contributed by atoms with Gasteiger partial charge in [-0.2, -0.15) is 0 Å². The first-order chi connectivity index (χ1) is 10.0. The van der Waals surface area contributed by atoms with Crippen LogP contribution in [0.25, 0.3) is 0 Å². The van der Waals surface area contributed by atoms with Gasteiger partial charge in [0.2, 0.25) is 0 Å². The molecule has 0 unspecified atom stereocenters. The standard InChI is InChI=1S/C18H20O3/c1-12-7-13(2)14(3)18(8-12)21-11-16-9-15(10-19)5-6-17(16)20-4/h5-10H,11H2,1-4H3. The van der Waals surface area contributed by atoms with Crippen LogP contribution in [-0.2, 0) is 6.61 Å². The van der Waals surface area contributed by atoms with Gasteiger partial charge < -0.3 is 9.47 Å². The van der Waals surface area contributed by atoms with Crippen molar-refractivity contribution in [2.24, 2.45) is 0 Å². The Bertz CT molecular complexity index is 660. The summed E-state index contributed by atoms with van der Waals surface area (Å²) in [5, 5.41) is 0. The van der Waals surface area contributed by atoms with Gasteiger partial charge in [-0.05, 0) is 61.7 Å². The number of aryl methyl sites for hydroxylation is 2. The molecule has 0 spiro atoms. The summed E-state index contributed by atoms with van der Waals surface area (Å²) in [5.41, 5.74) is 4.98. The molecule has 0 atom stereocenters. The second-order valence-corrected chi connectivity index (χ2v) is 5.18. The fourth-order valence-electron chi connectivity index (χ4n) is 2.29. The van der Waals surface area contributed by atoms with Crippen molar-refractivity contribution < 1.29 is 14.3 Å². The van der Waals surface area contributed by atoms with Crippen molar-refractivity contribution in [3.05, 3.63) is 58.1 Å². The molecule has 0 aliphatic carbocycles. The zero-order valence-corrected chi connectivity index (χ0v) is 12.9. The summed E-state index contributed by atoms with van der Waals surface area (Å²) in [6.07, 6.45) is 0.824. The number of benzene rings is 2. The number of carbonyl (C=O) groups is 1. The predicted molar refractivity (Wildman–Crippen MR) is 83.4 cm³/mol. The lowest BCUT2D eigenvalue weighted by Crippen LogP contribution is -2.02. The third-order valence-electron chi connectivity index (χ3n) is 3.59. The molecule has 0 aliphatic heterocycles. The zero-order valence-electron chi connectivity index (χ0n) is 12.9. The van der Waals surface area contributed by atoms with E-state index in [4.69, 9.17) is 9.47 Å². The Hall–Kier alpha value is -2.29. The fraction of sp³-hybridized carbons (Fsp3) is 0.278. The van der Waals surface area contributed by atoms with Crippen molar-refractivity contribution in [3.63, 3.8) is 0 Å². The Morgan fingerprint density at radius 1 is 1.05 bits per heavy atom. The van der Waals surface area contributed by atoms with Crippen LogP contribution in [0.3, 0.4) is 0 Å². The lowest BCUT2D eigenvalue weighted by Gasteiger charge is -2.14. The molecule has 2 aromatic rings. The van der Waals surface area contributed by atoms with Crippen molar-refractivity contribution in [1.82, 2.24) is 0 Å². The molecule has 110 valence electrons. The average molecular weight is 284 g/mol. The molecular weight excluding hydrogens is 264 g/mol. The molecule has 0 heterocycles. The topological polar surface area (TPSA) is 35.5 Å². The molecule has 3 nitrogen and oxygen atoms in total. The highest BCUT2D eigenvalue weighted by Gasteiger charge is 2.08. The Morgan fingerprint density at radius 3 is 2.48 bits per heavy atom. The number of methoxy groups -OCH3 is 1. The second-order valence-electron chi connectivity index (χ2n) is 5.18. The molecule has 2 aromatic carbocycles. The van der Waals surface area contributed by atoms with Crippen LogP contribution >= 0.6 is 0 Å². The second kappa shape index (κ2) is 6.44. The van der Waals surface area contributed by atoms with E-state index in [0.717, 1.165) is 28.9 Å². The summed E-state index contributed by atoms with van der Waals surface area (Å²) < 4.78 is 11.2. The molecule has 0 aliphatic rings. The minimum atomic E-state index is 0.370. The fourth-order valence-corrected chi connectivity index (χ4v) is 2.29. The van der Waals surface area contributed by atoms with Gasteiger partial charge in [-0.15, -0.1) is 0 Å². The van der Waals surface area contributed by atoms with E-state index in [9.17, 15) is 4.79 Å². The predicted octanol–water partition coefficient (Wildman–Crippen LogP) is 4.01. The van der Waals surface area contributed by atoms with Crippen LogP contribution in [0.5, 0.6) is 11.5 Å². The molecule has 0 N–H and O–H groups in total. The number of hydrogen-bond acceptors (Lipinski definition) is 3. The number of ether oxygens (including phenoxy) is 2. The van der Waals surface area contributed by atoms with Crippen LogP contribution < -0.4 is 9.47 Å². The van der Waals surface area contributed by atoms with E-state index in [1.165, 1.54) is 11.1 Å². The van der Waals surface area contributed by atoms with Crippen LogP contribution in [0.1, 0.15) is 32.6 Å². The Kier molecular flexibility index (Phi) is 4.63. The van der Waals surface area contributed by atoms with Gasteiger partial charge in [-0.3, -0.25) is 4.79 Å². The van der Waals surface area contributed by atoms with Gasteiger partial charge in [0.1, 0.15) is 24.4 Å². The maximum atomic E-state index is 10.9. The summed E-state index contributed by atoms with van der Waals surface area (Å²) in [7, 11) is 1.61. The highest BCUT2D eigenvalue weighted by Crippen LogP contribution is 2.26. The first kappa shape index (κ1) is 15.1. The van der Waals surface area contributed by atoms with Gasteiger partial charge in [0.15, 0.2) is 0 Å². The third-order valence-corrected chi connectivity index (χ3v) is 3.59. The van der Waals surface area contributed by atoms with E-state index in [0.29, 0.717) is 12.2 Å². The molecule has 21 heavy (non-hydrogen) atoms. The SMILES string of the molecule is COc1ccc(C=O)cc1COc1cc(C)cc(C)c1C. The molecule has 0 radical (unpaired) electrons. The van der Waals surface area contributed by atoms with Crippen molar-refractivity contribution in [3.8, 4) is 11.5 Å². The average Bonchev–Trinajstić information content (AvgIpc) is 2.49. The third kappa shape index (κ3) is 3.43. The molecule has 0 saturated carbocycles. The number of carbonyl (C=O) groups excluding carboxylic acids is 1. The molecule has 0 bridgehead atoms. The van der Waals surface area contributed by atoms with Gasteiger partial charge in [-0.25, -0.2) is 0 Å². The van der Waals surface area contributed by atoms with Crippen molar-refractivity contribution in [2.45, 2.75) is 27.4 Å². The smallest absolute Gasteiger partial charge is 0.150 e. The molecule has 2 rings (SSSR count). The molecular formula is C18H20O3. The highest BCUT2D eigenvalue weighted by molar-refractivity contribution is 5.75. The van der Waals surface area contributed by atoms with E-state index in [1.54, 1.807) is 25.3 Å². The maximum absolute atomic E-state index is 10.9. The van der Waals surface area contributed by atoms with Gasteiger partial charge in [-0.1, -0.05) is 6.07 Å². The van der Waals surface area contributed by atoms with E-state index >= 15 is 0 Å². The minimum absolute atomic E-state index is 0.370. The summed E-state index contributed by atoms with van der Waals surface area (Å²) in [5.74, 6) is 1.59. The molecule has 0 saturated heterocycles. The lowest BCUT2D eigenvalue weighted by atomic mass is 10.1. The van der Waals surface area contributed by atoms with Crippen LogP contribution in [0, 0.1) is 20.8 Å². The summed E-state index contributed by atoms with van der Waals surface area (Å²) in [6, 6.07) is 9.48. The van der Waals surface area contributed by atoms with Gasteiger partial charge in [0, 0.05) is 11.1 Å². The van der Waals surface area contributed by atoms with Crippen LogP contribution in [0.15, 0.2) is 30.3 Å². The van der Waals surface area contributed by atoms with Gasteiger partial charge in [0.05, 0.1) is 7.11 Å². The quantitative estimate of drug-likeness (QED) is 0.778. The molecule has 0 aromatic heterocycles. The Morgan fingerprint density at radius 2 is 1.81 bits per heavy atom.